The molecule has 7 atom stereocenters. The largest absolute Gasteiger partial charge is 0.457 e. The number of unbranched alkanes of at least 4 members (excludes halogenated alkanes) is 3. The number of amides is 8. The second-order valence-corrected chi connectivity index (χ2v) is 26.5. The molecule has 8 amide bonds. The molecule has 1 aromatic heterocycles. The number of piperazine rings is 2. The number of anilines is 2. The molecule has 93 heavy (non-hydrogen) atoms. The third kappa shape index (κ3) is 21.3. The molecule has 3 aromatic rings. The Kier molecular flexibility index (Phi) is 26.2. The summed E-state index contributed by atoms with van der Waals surface area (Å²) >= 11 is 0. The van der Waals surface area contributed by atoms with E-state index in [2.05, 4.69) is 21.0 Å². The predicted octanol–water partition coefficient (Wildman–Crippen LogP) is 5.31. The standard InChI is InChI=1S/C65H88FN11O15S/c1-42(2)60(71-56(80)14-8-7-11-25-77-57(81)23-24-58(77)82)63(85)70-53(12-9-10-13-55(67)79)62(84)69-49-19-17-46(18-20-49)41-90-64(86)74-26-28-75(29-27-74)65(87)91-54-22-16-44(4)61(92-59(83)38-51(78)21-15-43(54)3)45(5)34-47-35-48(66)37-50(36-47)73-30-32-76(33-31-73)93(88,89)52-39-68-72(6)40-52/h16-20,22-24,34-37,39-40,42-44,51,53-54,60-61,78H,7-15,21,25-33,38,41H2,1-6H3,(H2,67,79)(H,69,84)(H,70,85)(H,71,80)/b22-16+,45-34+/t43-,44-,51+,53-,54-,60-,61-/m0/s1. The van der Waals surface area contributed by atoms with Crippen LogP contribution in [0.25, 0.3) is 6.08 Å². The molecule has 2 fully saturated rings. The average Bonchev–Trinajstić information content (AvgIpc) is 1.84. The number of nitrogens with zero attached hydrogens (tertiary/aromatic N) is 7. The molecule has 5 heterocycles. The van der Waals surface area contributed by atoms with E-state index in [0.29, 0.717) is 79.7 Å². The third-order valence-electron chi connectivity index (χ3n) is 16.8. The number of cyclic esters (lactones) is 1. The van der Waals surface area contributed by atoms with Crippen LogP contribution in [0.5, 0.6) is 0 Å². The first-order chi connectivity index (χ1) is 44.2. The Balaban J connectivity index is 0.884. The second kappa shape index (κ2) is 33.9. The van der Waals surface area contributed by atoms with Crippen LogP contribution in [-0.4, -0.2) is 185 Å². The number of nitrogens with two attached hydrogens (primary N) is 1. The number of nitrogens with one attached hydrogen (secondary N) is 3. The number of aliphatic hydroxyl groups excluding tert-OH is 1. The van der Waals surface area contributed by atoms with Crippen molar-refractivity contribution in [1.29, 1.82) is 0 Å². The molecular formula is C65H88FN11O15S. The quantitative estimate of drug-likeness (QED) is 0.0236. The fourth-order valence-electron chi connectivity index (χ4n) is 11.3. The molecule has 0 saturated carbocycles. The van der Waals surface area contributed by atoms with Gasteiger partial charge in [0, 0.05) is 114 Å². The summed E-state index contributed by atoms with van der Waals surface area (Å²) in [5.74, 6) is -4.98. The number of carbonyl (C=O) groups excluding carboxylic acids is 9. The van der Waals surface area contributed by atoms with E-state index in [1.165, 1.54) is 55.5 Å². The van der Waals surface area contributed by atoms with Gasteiger partial charge in [-0.2, -0.15) is 9.40 Å². The number of primary amides is 1. The highest BCUT2D eigenvalue weighted by Gasteiger charge is 2.34. The number of aliphatic hydroxyl groups is 1. The minimum atomic E-state index is -3.76. The van der Waals surface area contributed by atoms with Crippen molar-refractivity contribution in [3.8, 4) is 0 Å². The van der Waals surface area contributed by atoms with Crippen molar-refractivity contribution in [2.45, 2.75) is 147 Å². The molecule has 0 spiro atoms. The predicted molar refractivity (Wildman–Crippen MR) is 341 cm³/mol. The first-order valence-corrected chi connectivity index (χ1v) is 33.2. The minimum absolute atomic E-state index is 0.0891. The molecule has 4 aliphatic rings. The van der Waals surface area contributed by atoms with Crippen molar-refractivity contribution < 1.29 is 75.3 Å². The Morgan fingerprint density at radius 1 is 0.828 bits per heavy atom. The summed E-state index contributed by atoms with van der Waals surface area (Å²) in [4.78, 5) is 122. The number of hydrogen-bond donors (Lipinski definition) is 5. The number of ether oxygens (including phenoxy) is 3. The van der Waals surface area contributed by atoms with E-state index in [9.17, 15) is 56.7 Å². The Labute approximate surface area is 542 Å². The molecule has 26 nitrogen and oxygen atoms in total. The molecule has 2 aromatic carbocycles. The van der Waals surface area contributed by atoms with E-state index < -0.39 is 88.0 Å². The zero-order chi connectivity index (χ0) is 67.5. The lowest BCUT2D eigenvalue weighted by atomic mass is 9.91. The van der Waals surface area contributed by atoms with Crippen molar-refractivity contribution in [3.05, 3.63) is 102 Å². The Morgan fingerprint density at radius 3 is 2.14 bits per heavy atom. The molecule has 0 unspecified atom stereocenters. The van der Waals surface area contributed by atoms with Gasteiger partial charge in [0.2, 0.25) is 33.7 Å². The van der Waals surface area contributed by atoms with Gasteiger partial charge in [-0.3, -0.25) is 43.1 Å². The number of carbonyl (C=O) groups is 9. The number of imide groups is 1. The highest BCUT2D eigenvalue weighted by atomic mass is 32.2. The van der Waals surface area contributed by atoms with Crippen molar-refractivity contribution in [2.24, 2.45) is 30.5 Å². The summed E-state index contributed by atoms with van der Waals surface area (Å²) in [6, 6.07) is 9.03. The van der Waals surface area contributed by atoms with Crippen LogP contribution in [0, 0.1) is 23.6 Å². The van der Waals surface area contributed by atoms with E-state index >= 15 is 4.39 Å². The molecule has 0 radical (unpaired) electrons. The number of rotatable bonds is 25. The number of aromatic nitrogens is 2. The first kappa shape index (κ1) is 71.9. The van der Waals surface area contributed by atoms with E-state index in [4.69, 9.17) is 19.9 Å². The van der Waals surface area contributed by atoms with Gasteiger partial charge in [0.15, 0.2) is 0 Å². The summed E-state index contributed by atoms with van der Waals surface area (Å²) in [5, 5.41) is 23.3. The molecule has 506 valence electrons. The first-order valence-electron chi connectivity index (χ1n) is 31.7. The molecule has 0 bridgehead atoms. The van der Waals surface area contributed by atoms with E-state index in [0.717, 1.165) is 4.90 Å². The summed E-state index contributed by atoms with van der Waals surface area (Å²) in [5.41, 5.74) is 7.93. The van der Waals surface area contributed by atoms with Crippen LogP contribution in [0.4, 0.5) is 25.4 Å². The van der Waals surface area contributed by atoms with Gasteiger partial charge < -0.3 is 55.7 Å². The highest BCUT2D eigenvalue weighted by molar-refractivity contribution is 7.89. The third-order valence-corrected chi connectivity index (χ3v) is 18.6. The molecule has 4 aliphatic heterocycles. The second-order valence-electron chi connectivity index (χ2n) is 24.5. The van der Waals surface area contributed by atoms with Crippen LogP contribution >= 0.6 is 0 Å². The average molecular weight is 1310 g/mol. The van der Waals surface area contributed by atoms with Gasteiger partial charge >= 0.3 is 18.2 Å². The van der Waals surface area contributed by atoms with Crippen molar-refractivity contribution in [1.82, 2.24) is 39.4 Å². The van der Waals surface area contributed by atoms with Gasteiger partial charge in [0.25, 0.3) is 11.8 Å². The van der Waals surface area contributed by atoms with Gasteiger partial charge in [-0.1, -0.05) is 64.8 Å². The SMILES string of the molecule is C/C(=C\c1cc(F)cc(N2CCN(S(=O)(=O)c3cnn(C)c3)CC2)c1)[C@H]1OC(=O)C[C@H](O)CC[C@H](C)[C@@H](OC(=O)N2CCN(C(=O)OCc3ccc(NC(=O)[C@H](CCCCC(N)=O)NC(=O)[C@@H](NC(=O)CCCCCN4C(=O)C=CC4=O)C(C)C)cc3)CC2)/C=C/[C@@H]1C. The Morgan fingerprint density at radius 2 is 1.49 bits per heavy atom. The topological polar surface area (TPSA) is 332 Å². The van der Waals surface area contributed by atoms with Crippen molar-refractivity contribution in [3.63, 3.8) is 0 Å². The monoisotopic (exact) mass is 1310 g/mol. The molecular weight excluding hydrogens is 1230 g/mol. The number of esters is 1. The van der Waals surface area contributed by atoms with Crippen LogP contribution in [0.2, 0.25) is 0 Å². The molecule has 28 heteroatoms. The van der Waals surface area contributed by atoms with E-state index in [1.807, 2.05) is 18.7 Å². The van der Waals surface area contributed by atoms with Crippen LogP contribution in [0.1, 0.15) is 116 Å². The lowest BCUT2D eigenvalue weighted by Crippen LogP contribution is -2.54. The van der Waals surface area contributed by atoms with Crippen LogP contribution in [0.15, 0.2) is 89.6 Å². The number of aryl methyl sites for hydroxylation is 1. The minimum Gasteiger partial charge on any atom is -0.457 e. The Bertz CT molecular complexity index is 3340. The van der Waals surface area contributed by atoms with Crippen molar-refractivity contribution >= 4 is 81.1 Å². The number of halogens is 1. The van der Waals surface area contributed by atoms with Gasteiger partial charge in [0.1, 0.15) is 41.6 Å². The summed E-state index contributed by atoms with van der Waals surface area (Å²) in [6.45, 7) is 10.7. The molecule has 6 N–H and O–H groups in total. The van der Waals surface area contributed by atoms with Crippen LogP contribution in [0.3, 0.4) is 0 Å². The van der Waals surface area contributed by atoms with Crippen molar-refractivity contribution in [2.75, 3.05) is 69.1 Å². The summed E-state index contributed by atoms with van der Waals surface area (Å²) in [6.07, 6.45) is 9.58. The lowest BCUT2D eigenvalue weighted by molar-refractivity contribution is -0.151. The summed E-state index contributed by atoms with van der Waals surface area (Å²) < 4.78 is 62.3. The van der Waals surface area contributed by atoms with Gasteiger partial charge in [-0.15, -0.1) is 0 Å². The maximum absolute atomic E-state index is 15.3. The number of sulfonamides is 1. The fraction of sp³-hybridized carbons (Fsp3) is 0.538. The summed E-state index contributed by atoms with van der Waals surface area (Å²) in [7, 11) is -2.12. The maximum atomic E-state index is 15.3. The van der Waals surface area contributed by atoms with Crippen LogP contribution < -0.4 is 26.6 Å². The zero-order valence-electron chi connectivity index (χ0n) is 53.7. The fourth-order valence-corrected chi connectivity index (χ4v) is 12.7. The normalized spacial score (nSPS) is 21.3. The molecule has 0 aliphatic carbocycles. The molecule has 2 saturated heterocycles. The smallest absolute Gasteiger partial charge is 0.410 e. The molecule has 7 rings (SSSR count). The van der Waals surface area contributed by atoms with E-state index in [1.54, 1.807) is 76.4 Å². The zero-order valence-corrected chi connectivity index (χ0v) is 54.5. The number of benzene rings is 2. The van der Waals surface area contributed by atoms with Gasteiger partial charge in [0.05, 0.1) is 18.7 Å². The maximum Gasteiger partial charge on any atom is 0.410 e. The van der Waals surface area contributed by atoms with E-state index in [-0.39, 0.29) is 119 Å². The van der Waals surface area contributed by atoms with Gasteiger partial charge in [-0.05, 0) is 110 Å². The van der Waals surface area contributed by atoms with Crippen LogP contribution in [-0.2, 0) is 71.5 Å². The highest BCUT2D eigenvalue weighted by Crippen LogP contribution is 2.29. The number of hydrogen-bond acceptors (Lipinski definition) is 17. The Hall–Kier alpha value is -8.50. The lowest BCUT2D eigenvalue weighted by Gasteiger charge is -2.35. The van der Waals surface area contributed by atoms with Gasteiger partial charge in [-0.25, -0.2) is 22.4 Å².